The zero-order valence-electron chi connectivity index (χ0n) is 18.1. The van der Waals surface area contributed by atoms with Gasteiger partial charge in [0.1, 0.15) is 5.52 Å². The Morgan fingerprint density at radius 2 is 1.82 bits per heavy atom. The monoisotopic (exact) mass is 473 g/mol. The summed E-state index contributed by atoms with van der Waals surface area (Å²) in [5.41, 5.74) is 5.43. The summed E-state index contributed by atoms with van der Waals surface area (Å²) in [6.07, 6.45) is 0.723. The fourth-order valence-corrected chi connectivity index (χ4v) is 4.70. The average molecular weight is 473 g/mol. The lowest BCUT2D eigenvalue weighted by Gasteiger charge is -2.56. The summed E-state index contributed by atoms with van der Waals surface area (Å²) >= 11 is 0. The third-order valence-electron chi connectivity index (χ3n) is 6.37. The number of rotatable bonds is 6. The van der Waals surface area contributed by atoms with E-state index < -0.39 is 17.6 Å². The fourth-order valence-electron chi connectivity index (χ4n) is 4.70. The van der Waals surface area contributed by atoms with Gasteiger partial charge in [-0.1, -0.05) is 12.1 Å². The Kier molecular flexibility index (Phi) is 5.37. The van der Waals surface area contributed by atoms with E-state index in [1.54, 1.807) is 21.7 Å². The van der Waals surface area contributed by atoms with Crippen LogP contribution in [0.1, 0.15) is 35.2 Å². The van der Waals surface area contributed by atoms with Gasteiger partial charge in [-0.05, 0) is 18.9 Å². The van der Waals surface area contributed by atoms with Crippen LogP contribution < -0.4 is 10.6 Å². The Hall–Kier alpha value is -3.70. The molecule has 3 fully saturated rings. The predicted molar refractivity (Wildman–Crippen MR) is 116 cm³/mol. The van der Waals surface area contributed by atoms with Crippen molar-refractivity contribution in [2.24, 2.45) is 5.73 Å². The molecule has 3 aliphatic rings. The van der Waals surface area contributed by atoms with Crippen molar-refractivity contribution in [2.75, 3.05) is 18.0 Å². The maximum atomic E-state index is 12.7. The van der Waals surface area contributed by atoms with Crippen LogP contribution in [0, 0.1) is 0 Å². The second kappa shape index (κ2) is 8.26. The molecule has 3 aliphatic heterocycles. The van der Waals surface area contributed by atoms with Crippen molar-refractivity contribution in [1.29, 1.82) is 0 Å². The van der Waals surface area contributed by atoms with E-state index >= 15 is 0 Å². The summed E-state index contributed by atoms with van der Waals surface area (Å²) < 4.78 is 39.9. The van der Waals surface area contributed by atoms with Crippen molar-refractivity contribution in [1.82, 2.24) is 24.6 Å². The van der Waals surface area contributed by atoms with Crippen LogP contribution in [0.5, 0.6) is 0 Å². The number of piperidine rings is 1. The first kappa shape index (κ1) is 22.1. The van der Waals surface area contributed by atoms with Gasteiger partial charge in [0.25, 0.3) is 5.91 Å². The molecule has 2 bridgehead atoms. The molecule has 12 heteroatoms. The minimum absolute atomic E-state index is 0.00284. The van der Waals surface area contributed by atoms with Gasteiger partial charge in [0.2, 0.25) is 11.9 Å². The van der Waals surface area contributed by atoms with Gasteiger partial charge < -0.3 is 15.5 Å². The zero-order chi connectivity index (χ0) is 24.0. The third kappa shape index (κ3) is 4.03. The van der Waals surface area contributed by atoms with Crippen LogP contribution in [-0.4, -0.2) is 61.6 Å². The highest BCUT2D eigenvalue weighted by molar-refractivity contribution is 6.04. The number of piperazine rings is 1. The zero-order valence-corrected chi connectivity index (χ0v) is 18.1. The summed E-state index contributed by atoms with van der Waals surface area (Å²) in [5, 5.41) is 5.24. The summed E-state index contributed by atoms with van der Waals surface area (Å²) in [4.78, 5) is 35.8. The summed E-state index contributed by atoms with van der Waals surface area (Å²) in [7, 11) is 0. The molecule has 6 rings (SSSR count). The van der Waals surface area contributed by atoms with Crippen LogP contribution in [0.3, 0.4) is 0 Å². The number of hydrogen-bond donors (Lipinski definition) is 1. The number of primary amides is 1. The molecule has 34 heavy (non-hydrogen) atoms. The van der Waals surface area contributed by atoms with Crippen molar-refractivity contribution in [3.05, 3.63) is 47.9 Å². The first-order chi connectivity index (χ1) is 16.2. The Morgan fingerprint density at radius 3 is 2.47 bits per heavy atom. The molecule has 3 saturated heterocycles. The van der Waals surface area contributed by atoms with Crippen LogP contribution in [0.15, 0.2) is 36.8 Å². The average Bonchev–Trinajstić information content (AvgIpc) is 3.21. The minimum atomic E-state index is -4.47. The molecular weight excluding hydrogens is 451 g/mol. The number of amides is 2. The standard InChI is InChI=1S/C22H22F3N7O2/c23-22(24,25)14-8-27-21(28-9-14)32-15-7-16(32)12-30(11-15)18(33)5-2-6-31-10-13-3-1-4-17(20(26)34)19(13)29-31/h1,3-4,8-10,15-16H,2,5-7,11-12H2,(H2,26,34). The Bertz CT molecular complexity index is 1230. The fraction of sp³-hybridized carbons (Fsp3) is 0.409. The van der Waals surface area contributed by atoms with Crippen LogP contribution in [0.25, 0.3) is 10.9 Å². The van der Waals surface area contributed by atoms with Crippen molar-refractivity contribution in [3.8, 4) is 0 Å². The number of nitrogens with two attached hydrogens (primary N) is 1. The normalized spacial score (nSPS) is 19.9. The lowest BCUT2D eigenvalue weighted by Crippen LogP contribution is -2.70. The Balaban J connectivity index is 1.15. The number of nitrogens with zero attached hydrogens (tertiary/aromatic N) is 6. The van der Waals surface area contributed by atoms with Gasteiger partial charge in [0, 0.05) is 50.0 Å². The third-order valence-corrected chi connectivity index (χ3v) is 6.37. The van der Waals surface area contributed by atoms with E-state index in [4.69, 9.17) is 5.73 Å². The highest BCUT2D eigenvalue weighted by Crippen LogP contribution is 2.36. The van der Waals surface area contributed by atoms with E-state index in [0.717, 1.165) is 24.2 Å². The van der Waals surface area contributed by atoms with E-state index in [2.05, 4.69) is 15.1 Å². The minimum Gasteiger partial charge on any atom is -0.366 e. The molecule has 178 valence electrons. The number of hydrogen-bond acceptors (Lipinski definition) is 6. The number of halogens is 3. The smallest absolute Gasteiger partial charge is 0.366 e. The van der Waals surface area contributed by atoms with Gasteiger partial charge in [-0.2, -0.15) is 18.3 Å². The molecule has 0 aliphatic carbocycles. The van der Waals surface area contributed by atoms with Crippen molar-refractivity contribution in [2.45, 2.75) is 44.1 Å². The largest absolute Gasteiger partial charge is 0.419 e. The number of anilines is 1. The van der Waals surface area contributed by atoms with Gasteiger partial charge in [-0.15, -0.1) is 0 Å². The Labute approximate surface area is 192 Å². The SMILES string of the molecule is NC(=O)c1cccc2cn(CCCC(=O)N3CC4CC(C3)N4c3ncc(C(F)(F)F)cn3)nc12. The number of benzene rings is 1. The molecule has 0 saturated carbocycles. The molecule has 0 radical (unpaired) electrons. The first-order valence-electron chi connectivity index (χ1n) is 10.9. The first-order valence-corrected chi connectivity index (χ1v) is 10.9. The van der Waals surface area contributed by atoms with Gasteiger partial charge in [-0.25, -0.2) is 9.97 Å². The maximum Gasteiger partial charge on any atom is 0.419 e. The van der Waals surface area contributed by atoms with Crippen LogP contribution in [0.4, 0.5) is 19.1 Å². The van der Waals surface area contributed by atoms with Gasteiger partial charge in [-0.3, -0.25) is 14.3 Å². The molecule has 2 atom stereocenters. The molecule has 2 amide bonds. The van der Waals surface area contributed by atoms with E-state index in [1.165, 1.54) is 0 Å². The molecule has 3 aromatic rings. The predicted octanol–water partition coefficient (Wildman–Crippen LogP) is 2.21. The molecule has 2 unspecified atom stereocenters. The van der Waals surface area contributed by atoms with Gasteiger partial charge in [0.15, 0.2) is 0 Å². The highest BCUT2D eigenvalue weighted by Gasteiger charge is 2.47. The van der Waals surface area contributed by atoms with Crippen molar-refractivity contribution in [3.63, 3.8) is 0 Å². The summed E-state index contributed by atoms with van der Waals surface area (Å²) in [6, 6.07) is 5.24. The van der Waals surface area contributed by atoms with Crippen molar-refractivity contribution < 1.29 is 22.8 Å². The van der Waals surface area contributed by atoms with E-state index in [9.17, 15) is 22.8 Å². The molecule has 1 aromatic carbocycles. The molecule has 2 N–H and O–H groups in total. The molecule has 0 spiro atoms. The lowest BCUT2D eigenvalue weighted by molar-refractivity contribution is -0.138. The van der Waals surface area contributed by atoms with E-state index in [1.807, 2.05) is 17.2 Å². The number of alkyl halides is 3. The molecule has 9 nitrogen and oxygen atoms in total. The number of carbonyl (C=O) groups excluding carboxylic acids is 2. The maximum absolute atomic E-state index is 12.7. The van der Waals surface area contributed by atoms with Crippen molar-refractivity contribution >= 4 is 28.7 Å². The summed E-state index contributed by atoms with van der Waals surface area (Å²) in [5.74, 6) is -0.245. The molecule has 2 aromatic heterocycles. The lowest BCUT2D eigenvalue weighted by atomic mass is 9.87. The number of aromatic nitrogens is 4. The van der Waals surface area contributed by atoms with Gasteiger partial charge in [0.05, 0.1) is 23.2 Å². The van der Waals surface area contributed by atoms with Crippen LogP contribution >= 0.6 is 0 Å². The number of fused-ring (bicyclic) bond motifs is 3. The second-order valence-corrected chi connectivity index (χ2v) is 8.62. The second-order valence-electron chi connectivity index (χ2n) is 8.62. The number of carbonyl (C=O) groups is 2. The van der Waals surface area contributed by atoms with Crippen LogP contribution in [-0.2, 0) is 17.5 Å². The quantitative estimate of drug-likeness (QED) is 0.588. The Morgan fingerprint density at radius 1 is 1.12 bits per heavy atom. The topological polar surface area (TPSA) is 110 Å². The van der Waals surface area contributed by atoms with E-state index in [-0.39, 0.29) is 23.9 Å². The molecule has 5 heterocycles. The number of aryl methyl sites for hydroxylation is 1. The highest BCUT2D eigenvalue weighted by atomic mass is 19.4. The summed E-state index contributed by atoms with van der Waals surface area (Å²) in [6.45, 7) is 1.51. The van der Waals surface area contributed by atoms with E-state index in [0.29, 0.717) is 43.6 Å². The molecular formula is C22H22F3N7O2. The van der Waals surface area contributed by atoms with Gasteiger partial charge >= 0.3 is 6.18 Å². The van der Waals surface area contributed by atoms with Crippen LogP contribution in [0.2, 0.25) is 0 Å².